The van der Waals surface area contributed by atoms with E-state index in [9.17, 15) is 4.79 Å². The van der Waals surface area contributed by atoms with E-state index in [1.807, 2.05) is 0 Å². The van der Waals surface area contributed by atoms with Crippen LogP contribution in [0.5, 0.6) is 0 Å². The fourth-order valence-electron chi connectivity index (χ4n) is 0.820. The van der Waals surface area contributed by atoms with E-state index in [4.69, 9.17) is 25.4 Å². The molecule has 0 rings (SSSR count). The van der Waals surface area contributed by atoms with Gasteiger partial charge in [0.1, 0.15) is 19.5 Å². The minimum atomic E-state index is 0.117. The van der Waals surface area contributed by atoms with Crippen molar-refractivity contribution in [3.63, 3.8) is 0 Å². The van der Waals surface area contributed by atoms with Gasteiger partial charge in [0.05, 0.1) is 39.6 Å². The summed E-state index contributed by atoms with van der Waals surface area (Å²) < 4.78 is 20.2. The quantitative estimate of drug-likeness (QED) is 0.266. The van der Waals surface area contributed by atoms with Crippen LogP contribution in [0.2, 0.25) is 0 Å². The molecule has 0 bridgehead atoms. The first-order valence-electron chi connectivity index (χ1n) is 5.10. The maximum Gasteiger partial charge on any atom is 0.145 e. The largest absolute Gasteiger partial charge is 0.377 e. The number of rotatable bonds is 12. The standard InChI is InChI=1S/C11H18O5/c1-2-4-13-6-8-15-10-11-16-9-7-14-5-3-12/h1,3H,4-11H2. The van der Waals surface area contributed by atoms with Crippen molar-refractivity contribution >= 4 is 6.29 Å². The molecule has 0 saturated heterocycles. The van der Waals surface area contributed by atoms with E-state index in [-0.39, 0.29) is 6.61 Å². The fourth-order valence-corrected chi connectivity index (χ4v) is 0.820. The summed E-state index contributed by atoms with van der Waals surface area (Å²) in [4.78, 5) is 9.88. The van der Waals surface area contributed by atoms with Crippen molar-refractivity contribution in [2.45, 2.75) is 0 Å². The Labute approximate surface area is 96.0 Å². The Hall–Kier alpha value is -0.930. The first-order chi connectivity index (χ1) is 7.91. The second kappa shape index (κ2) is 14.1. The number of aldehydes is 1. The molecular formula is C11H18O5. The van der Waals surface area contributed by atoms with Gasteiger partial charge in [0.25, 0.3) is 0 Å². The van der Waals surface area contributed by atoms with E-state index >= 15 is 0 Å². The van der Waals surface area contributed by atoms with Gasteiger partial charge in [-0.3, -0.25) is 0 Å². The van der Waals surface area contributed by atoms with Gasteiger partial charge in [0, 0.05) is 0 Å². The monoisotopic (exact) mass is 230 g/mol. The van der Waals surface area contributed by atoms with Crippen LogP contribution in [0, 0.1) is 12.3 Å². The van der Waals surface area contributed by atoms with Gasteiger partial charge in [-0.2, -0.15) is 0 Å². The van der Waals surface area contributed by atoms with Gasteiger partial charge in [0.2, 0.25) is 0 Å². The van der Waals surface area contributed by atoms with Gasteiger partial charge in [0.15, 0.2) is 0 Å². The molecule has 0 radical (unpaired) electrons. The molecule has 0 heterocycles. The first kappa shape index (κ1) is 15.1. The molecule has 0 N–H and O–H groups in total. The van der Waals surface area contributed by atoms with Crippen LogP contribution in [0.15, 0.2) is 0 Å². The summed E-state index contributed by atoms with van der Waals surface area (Å²) in [6.07, 6.45) is 5.70. The lowest BCUT2D eigenvalue weighted by molar-refractivity contribution is -0.112. The Bertz CT molecular complexity index is 187. The van der Waals surface area contributed by atoms with Crippen molar-refractivity contribution in [2.75, 3.05) is 52.9 Å². The molecule has 0 amide bonds. The van der Waals surface area contributed by atoms with Crippen molar-refractivity contribution in [3.05, 3.63) is 0 Å². The summed E-state index contributed by atoms with van der Waals surface area (Å²) in [5.41, 5.74) is 0. The smallest absolute Gasteiger partial charge is 0.145 e. The summed E-state index contributed by atoms with van der Waals surface area (Å²) in [6.45, 7) is 3.32. The Morgan fingerprint density at radius 1 is 0.875 bits per heavy atom. The zero-order valence-electron chi connectivity index (χ0n) is 9.35. The molecule has 16 heavy (non-hydrogen) atoms. The lowest BCUT2D eigenvalue weighted by Crippen LogP contribution is -2.12. The second-order valence-corrected chi connectivity index (χ2v) is 2.72. The molecule has 0 unspecified atom stereocenters. The molecule has 0 aromatic rings. The third-order valence-corrected chi connectivity index (χ3v) is 1.49. The second-order valence-electron chi connectivity index (χ2n) is 2.72. The van der Waals surface area contributed by atoms with Crippen LogP contribution in [0.1, 0.15) is 0 Å². The van der Waals surface area contributed by atoms with Gasteiger partial charge in [-0.15, -0.1) is 6.42 Å². The molecule has 0 spiro atoms. The average Bonchev–Trinajstić information content (AvgIpc) is 2.31. The molecule has 0 atom stereocenters. The molecule has 5 nitrogen and oxygen atoms in total. The Morgan fingerprint density at radius 3 is 1.88 bits per heavy atom. The SMILES string of the molecule is C#CCOCCOCCOCCOCC=O. The summed E-state index contributed by atoms with van der Waals surface area (Å²) in [5, 5.41) is 0. The highest BCUT2D eigenvalue weighted by Crippen LogP contribution is 1.81. The molecule has 0 aliphatic heterocycles. The molecule has 92 valence electrons. The van der Waals surface area contributed by atoms with Crippen molar-refractivity contribution in [1.82, 2.24) is 0 Å². The predicted octanol–water partition coefficient (Wildman–Crippen LogP) is -0.115. The van der Waals surface area contributed by atoms with Crippen molar-refractivity contribution < 1.29 is 23.7 Å². The van der Waals surface area contributed by atoms with Gasteiger partial charge < -0.3 is 23.7 Å². The maximum absolute atomic E-state index is 9.88. The van der Waals surface area contributed by atoms with Crippen LogP contribution in [0.3, 0.4) is 0 Å². The molecule has 5 heteroatoms. The van der Waals surface area contributed by atoms with E-state index in [0.717, 1.165) is 0 Å². The number of carbonyl (C=O) groups excluding carboxylic acids is 1. The number of hydrogen-bond donors (Lipinski definition) is 0. The van der Waals surface area contributed by atoms with Gasteiger partial charge >= 0.3 is 0 Å². The first-order valence-corrected chi connectivity index (χ1v) is 5.10. The van der Waals surface area contributed by atoms with Crippen molar-refractivity contribution in [3.8, 4) is 12.3 Å². The topological polar surface area (TPSA) is 54.0 Å². The van der Waals surface area contributed by atoms with Crippen LogP contribution in [0.25, 0.3) is 0 Å². The van der Waals surface area contributed by atoms with E-state index in [0.29, 0.717) is 52.5 Å². The van der Waals surface area contributed by atoms with Crippen LogP contribution in [-0.2, 0) is 23.7 Å². The molecular weight excluding hydrogens is 212 g/mol. The molecule has 0 fully saturated rings. The predicted molar refractivity (Wildman–Crippen MR) is 58.2 cm³/mol. The molecule has 0 saturated carbocycles. The van der Waals surface area contributed by atoms with Crippen LogP contribution in [-0.4, -0.2) is 59.1 Å². The Morgan fingerprint density at radius 2 is 1.38 bits per heavy atom. The number of hydrogen-bond acceptors (Lipinski definition) is 5. The normalized spacial score (nSPS) is 9.94. The third-order valence-electron chi connectivity index (χ3n) is 1.49. The number of ether oxygens (including phenoxy) is 4. The van der Waals surface area contributed by atoms with E-state index in [1.165, 1.54) is 0 Å². The molecule has 0 aliphatic carbocycles. The highest BCUT2D eigenvalue weighted by Gasteiger charge is 1.91. The lowest BCUT2D eigenvalue weighted by atomic mass is 10.7. The summed E-state index contributed by atoms with van der Waals surface area (Å²) >= 11 is 0. The van der Waals surface area contributed by atoms with Crippen LogP contribution in [0.4, 0.5) is 0 Å². The van der Waals surface area contributed by atoms with Crippen LogP contribution >= 0.6 is 0 Å². The van der Waals surface area contributed by atoms with Gasteiger partial charge in [-0.05, 0) is 0 Å². The zero-order valence-corrected chi connectivity index (χ0v) is 9.35. The third kappa shape index (κ3) is 13.1. The Kier molecular flexibility index (Phi) is 13.3. The van der Waals surface area contributed by atoms with Crippen molar-refractivity contribution in [2.24, 2.45) is 0 Å². The van der Waals surface area contributed by atoms with E-state index < -0.39 is 0 Å². The summed E-state index contributed by atoms with van der Waals surface area (Å²) in [7, 11) is 0. The molecule has 0 aliphatic rings. The number of terminal acetylenes is 1. The van der Waals surface area contributed by atoms with Crippen molar-refractivity contribution in [1.29, 1.82) is 0 Å². The number of carbonyl (C=O) groups is 1. The zero-order chi connectivity index (χ0) is 11.9. The lowest BCUT2D eigenvalue weighted by Gasteiger charge is -2.05. The minimum absolute atomic E-state index is 0.117. The maximum atomic E-state index is 9.88. The van der Waals surface area contributed by atoms with Gasteiger partial charge in [-0.25, -0.2) is 0 Å². The fraction of sp³-hybridized carbons (Fsp3) is 0.727. The Balaban J connectivity index is 2.88. The van der Waals surface area contributed by atoms with Gasteiger partial charge in [-0.1, -0.05) is 5.92 Å². The molecule has 0 aromatic heterocycles. The minimum Gasteiger partial charge on any atom is -0.377 e. The summed E-state index contributed by atoms with van der Waals surface area (Å²) in [5.74, 6) is 2.36. The highest BCUT2D eigenvalue weighted by molar-refractivity contribution is 5.50. The van der Waals surface area contributed by atoms with E-state index in [2.05, 4.69) is 5.92 Å². The van der Waals surface area contributed by atoms with E-state index in [1.54, 1.807) is 0 Å². The highest BCUT2D eigenvalue weighted by atomic mass is 16.6. The van der Waals surface area contributed by atoms with Crippen LogP contribution < -0.4 is 0 Å². The summed E-state index contributed by atoms with van der Waals surface area (Å²) in [6, 6.07) is 0. The molecule has 0 aromatic carbocycles. The average molecular weight is 230 g/mol.